The molecule has 3 nitrogen and oxygen atoms in total. The van der Waals surface area contributed by atoms with Gasteiger partial charge in [0.15, 0.2) is 11.5 Å². The number of hydrogen-bond acceptors (Lipinski definition) is 3. The Balaban J connectivity index is 1.52. The van der Waals surface area contributed by atoms with Crippen LogP contribution in [0.4, 0.5) is 0 Å². The molecule has 0 bridgehead atoms. The molecule has 1 aliphatic heterocycles. The number of ether oxygens (including phenoxy) is 1. The molecular weight excluding hydrogens is 468 g/mol. The number of rotatable bonds is 8. The number of allylic oxidation sites excluding steroid dienone is 5. The molecule has 2 N–H and O–H groups in total. The van der Waals surface area contributed by atoms with Crippen LogP contribution in [-0.4, -0.2) is 10.2 Å². The van der Waals surface area contributed by atoms with Gasteiger partial charge < -0.3 is 14.9 Å². The summed E-state index contributed by atoms with van der Waals surface area (Å²) in [6.45, 7) is 4.43. The second-order valence-electron chi connectivity index (χ2n) is 10.9. The molecule has 1 heterocycles. The summed E-state index contributed by atoms with van der Waals surface area (Å²) in [7, 11) is 0. The van der Waals surface area contributed by atoms with Crippen LogP contribution in [0.1, 0.15) is 81.0 Å². The van der Waals surface area contributed by atoms with Crippen molar-refractivity contribution in [3.8, 4) is 5.75 Å². The maximum atomic E-state index is 11.9. The largest absolute Gasteiger partial charge is 0.507 e. The molecule has 0 saturated heterocycles. The van der Waals surface area contributed by atoms with Crippen LogP contribution in [0.5, 0.6) is 5.75 Å². The molecule has 194 valence electrons. The average molecular weight is 505 g/mol. The van der Waals surface area contributed by atoms with E-state index in [1.54, 1.807) is 0 Å². The maximum Gasteiger partial charge on any atom is 0.162 e. The summed E-state index contributed by atoms with van der Waals surface area (Å²) in [4.78, 5) is 0. The van der Waals surface area contributed by atoms with Gasteiger partial charge in [-0.3, -0.25) is 0 Å². The SMILES string of the molecule is CCCCCC1=CC=C2Oc3ccc(CCCCC)cc3C=C2C12C=C1C(=Cc3ccccc31)C(O)=C2O. The van der Waals surface area contributed by atoms with Gasteiger partial charge in [-0.05, 0) is 83.9 Å². The first-order chi connectivity index (χ1) is 18.6. The molecule has 38 heavy (non-hydrogen) atoms. The predicted octanol–water partition coefficient (Wildman–Crippen LogP) is 9.41. The molecule has 0 radical (unpaired) electrons. The fourth-order valence-electron chi connectivity index (χ4n) is 6.34. The van der Waals surface area contributed by atoms with E-state index in [2.05, 4.69) is 62.4 Å². The van der Waals surface area contributed by atoms with E-state index in [0.717, 1.165) is 77.0 Å². The van der Waals surface area contributed by atoms with Crippen molar-refractivity contribution in [3.63, 3.8) is 0 Å². The second-order valence-corrected chi connectivity index (χ2v) is 10.9. The van der Waals surface area contributed by atoms with Crippen molar-refractivity contribution in [2.75, 3.05) is 0 Å². The monoisotopic (exact) mass is 504 g/mol. The lowest BCUT2D eigenvalue weighted by atomic mass is 9.63. The van der Waals surface area contributed by atoms with Crippen molar-refractivity contribution in [2.45, 2.75) is 65.2 Å². The van der Waals surface area contributed by atoms with Gasteiger partial charge in [-0.15, -0.1) is 0 Å². The molecule has 0 saturated carbocycles. The van der Waals surface area contributed by atoms with Gasteiger partial charge in [-0.1, -0.05) is 82.0 Å². The zero-order valence-corrected chi connectivity index (χ0v) is 22.4. The first-order valence-electron chi connectivity index (χ1n) is 14.2. The highest BCUT2D eigenvalue weighted by molar-refractivity contribution is 6.00. The molecule has 2 aromatic rings. The molecule has 4 aliphatic rings. The fourth-order valence-corrected chi connectivity index (χ4v) is 6.34. The van der Waals surface area contributed by atoms with Gasteiger partial charge in [-0.2, -0.15) is 0 Å². The van der Waals surface area contributed by atoms with E-state index < -0.39 is 5.41 Å². The highest BCUT2D eigenvalue weighted by atomic mass is 16.5. The fraction of sp³-hybridized carbons (Fsp3) is 0.314. The van der Waals surface area contributed by atoms with Gasteiger partial charge >= 0.3 is 0 Å². The summed E-state index contributed by atoms with van der Waals surface area (Å²) in [6.07, 6.45) is 19.2. The minimum Gasteiger partial charge on any atom is -0.507 e. The van der Waals surface area contributed by atoms with Crippen LogP contribution < -0.4 is 4.74 Å². The van der Waals surface area contributed by atoms with Gasteiger partial charge in [0, 0.05) is 16.7 Å². The van der Waals surface area contributed by atoms with Crippen molar-refractivity contribution in [1.29, 1.82) is 0 Å². The van der Waals surface area contributed by atoms with Crippen molar-refractivity contribution >= 4 is 17.7 Å². The number of hydrogen-bond donors (Lipinski definition) is 2. The normalized spacial score (nSPS) is 20.8. The lowest BCUT2D eigenvalue weighted by Gasteiger charge is -2.42. The molecule has 1 unspecified atom stereocenters. The molecule has 3 heteroatoms. The van der Waals surface area contributed by atoms with Crippen molar-refractivity contribution in [1.82, 2.24) is 0 Å². The summed E-state index contributed by atoms with van der Waals surface area (Å²) < 4.78 is 6.47. The van der Waals surface area contributed by atoms with Gasteiger partial charge in [-0.25, -0.2) is 0 Å². The highest BCUT2D eigenvalue weighted by Crippen LogP contribution is 2.59. The first-order valence-corrected chi connectivity index (χ1v) is 14.2. The number of benzene rings is 2. The van der Waals surface area contributed by atoms with E-state index in [4.69, 9.17) is 4.74 Å². The predicted molar refractivity (Wildman–Crippen MR) is 156 cm³/mol. The van der Waals surface area contributed by atoms with Gasteiger partial charge in [0.1, 0.15) is 16.9 Å². The van der Waals surface area contributed by atoms with Crippen LogP contribution in [0.15, 0.2) is 94.7 Å². The van der Waals surface area contributed by atoms with E-state index in [1.165, 1.54) is 24.8 Å². The minimum atomic E-state index is -0.970. The second kappa shape index (κ2) is 9.87. The Morgan fingerprint density at radius 3 is 2.39 bits per heavy atom. The van der Waals surface area contributed by atoms with Crippen LogP contribution >= 0.6 is 0 Å². The van der Waals surface area contributed by atoms with E-state index in [-0.39, 0.29) is 11.5 Å². The molecule has 0 aromatic heterocycles. The Bertz CT molecular complexity index is 1480. The summed E-state index contributed by atoms with van der Waals surface area (Å²) in [5.41, 5.74) is 7.14. The molecule has 6 rings (SSSR count). The Kier molecular flexibility index (Phi) is 6.39. The number of aliphatic hydroxyl groups is 2. The van der Waals surface area contributed by atoms with Gasteiger partial charge in [0.2, 0.25) is 0 Å². The van der Waals surface area contributed by atoms with Crippen LogP contribution in [0, 0.1) is 5.41 Å². The first kappa shape index (κ1) is 24.6. The molecular formula is C35H36O3. The maximum absolute atomic E-state index is 11.9. The summed E-state index contributed by atoms with van der Waals surface area (Å²) in [5.74, 6) is 1.51. The summed E-state index contributed by atoms with van der Waals surface area (Å²) in [5, 5.41) is 23.4. The molecule has 0 amide bonds. The summed E-state index contributed by atoms with van der Waals surface area (Å²) >= 11 is 0. The molecule has 1 atom stereocenters. The van der Waals surface area contributed by atoms with E-state index in [1.807, 2.05) is 24.3 Å². The third-order valence-electron chi connectivity index (χ3n) is 8.40. The number of unbranched alkanes of at least 4 members (excludes halogenated alkanes) is 4. The third kappa shape index (κ3) is 3.88. The zero-order chi connectivity index (χ0) is 26.3. The smallest absolute Gasteiger partial charge is 0.162 e. The molecule has 2 aromatic carbocycles. The van der Waals surface area contributed by atoms with Crippen LogP contribution in [0.25, 0.3) is 17.7 Å². The Labute approximate surface area is 225 Å². The minimum absolute atomic E-state index is 0.00828. The quantitative estimate of drug-likeness (QED) is 0.352. The van der Waals surface area contributed by atoms with Crippen molar-refractivity contribution < 1.29 is 14.9 Å². The van der Waals surface area contributed by atoms with Crippen molar-refractivity contribution in [2.24, 2.45) is 5.41 Å². The number of fused-ring (bicyclic) bond motifs is 6. The van der Waals surface area contributed by atoms with Crippen LogP contribution in [0.3, 0.4) is 0 Å². The molecule has 0 fully saturated rings. The number of aryl methyl sites for hydroxylation is 1. The van der Waals surface area contributed by atoms with E-state index in [0.29, 0.717) is 5.57 Å². The van der Waals surface area contributed by atoms with Crippen LogP contribution in [0.2, 0.25) is 0 Å². The molecule has 1 spiro atoms. The van der Waals surface area contributed by atoms with E-state index in [9.17, 15) is 10.2 Å². The zero-order valence-electron chi connectivity index (χ0n) is 22.4. The van der Waals surface area contributed by atoms with Crippen LogP contribution in [-0.2, 0) is 6.42 Å². The van der Waals surface area contributed by atoms with E-state index >= 15 is 0 Å². The lowest BCUT2D eigenvalue weighted by Crippen LogP contribution is -2.35. The lowest BCUT2D eigenvalue weighted by molar-refractivity contribution is 0.263. The van der Waals surface area contributed by atoms with Crippen molar-refractivity contribution in [3.05, 3.63) is 117 Å². The molecule has 3 aliphatic carbocycles. The van der Waals surface area contributed by atoms with Gasteiger partial charge in [0.25, 0.3) is 0 Å². The Morgan fingerprint density at radius 2 is 1.58 bits per heavy atom. The standard InChI is InChI=1S/C35H36O3/c1-3-5-7-11-23-15-17-31-25(19-23)21-30-32(38-31)18-16-26(13-8-6-4-2)35(30)22-29-27-14-10-9-12-24(27)20-28(29)33(36)34(35)37/h9-10,12,14-22,36-37H,3-8,11,13H2,1-2H3. The summed E-state index contributed by atoms with van der Waals surface area (Å²) in [6, 6.07) is 14.6. The van der Waals surface area contributed by atoms with Gasteiger partial charge in [0.05, 0.1) is 0 Å². The highest BCUT2D eigenvalue weighted by Gasteiger charge is 2.50. The topological polar surface area (TPSA) is 49.7 Å². The average Bonchev–Trinajstić information content (AvgIpc) is 3.31. The number of aliphatic hydroxyl groups excluding tert-OH is 2. The Morgan fingerprint density at radius 1 is 0.789 bits per heavy atom. The Hall–Kier alpha value is -3.72. The third-order valence-corrected chi connectivity index (χ3v) is 8.40.